The Morgan fingerprint density at radius 1 is 1.73 bits per heavy atom. The molecule has 0 radical (unpaired) electrons. The molecule has 6 heteroatoms. The minimum absolute atomic E-state index is 0.111. The summed E-state index contributed by atoms with van der Waals surface area (Å²) in [5.41, 5.74) is 0. The summed E-state index contributed by atoms with van der Waals surface area (Å²) in [6.07, 6.45) is -0.211. The highest BCUT2D eigenvalue weighted by atomic mass is 16.6. The Bertz CT molecular complexity index is 243. The van der Waals surface area contributed by atoms with Crippen LogP contribution in [0.25, 0.3) is 0 Å². The summed E-state index contributed by atoms with van der Waals surface area (Å²) >= 11 is 0. The van der Waals surface area contributed by atoms with Crippen LogP contribution in [0.4, 0.5) is 4.79 Å². The van der Waals surface area contributed by atoms with Crippen molar-refractivity contribution in [3.8, 4) is 0 Å². The first-order valence-corrected chi connectivity index (χ1v) is 4.79. The fourth-order valence-electron chi connectivity index (χ4n) is 1.43. The van der Waals surface area contributed by atoms with Crippen LogP contribution < -0.4 is 0 Å². The topological polar surface area (TPSA) is 76.1 Å². The molecule has 1 saturated heterocycles. The molecule has 1 heterocycles. The number of amides is 1. The number of carboxylic acids is 1. The summed E-state index contributed by atoms with van der Waals surface area (Å²) in [7, 11) is 1.43. The van der Waals surface area contributed by atoms with E-state index in [4.69, 9.17) is 14.6 Å². The molecule has 0 aromatic heterocycles. The maximum Gasteiger partial charge on any atom is 0.409 e. The van der Waals surface area contributed by atoms with Crippen molar-refractivity contribution in [2.24, 2.45) is 0 Å². The molecule has 1 unspecified atom stereocenters. The van der Waals surface area contributed by atoms with Crippen molar-refractivity contribution < 1.29 is 24.2 Å². The third-order valence-corrected chi connectivity index (χ3v) is 2.22. The number of rotatable bonds is 5. The van der Waals surface area contributed by atoms with Crippen molar-refractivity contribution in [2.45, 2.75) is 18.9 Å². The van der Waals surface area contributed by atoms with Crippen LogP contribution in [0.2, 0.25) is 0 Å². The molecule has 0 aliphatic carbocycles. The Hall–Kier alpha value is -1.30. The molecule has 1 aliphatic rings. The molecule has 0 saturated carbocycles. The van der Waals surface area contributed by atoms with Gasteiger partial charge in [0.25, 0.3) is 0 Å². The van der Waals surface area contributed by atoms with Crippen molar-refractivity contribution >= 4 is 12.1 Å². The van der Waals surface area contributed by atoms with Crippen LogP contribution in [0.15, 0.2) is 0 Å². The van der Waals surface area contributed by atoms with Gasteiger partial charge in [-0.2, -0.15) is 0 Å². The fourth-order valence-corrected chi connectivity index (χ4v) is 1.43. The maximum absolute atomic E-state index is 11.2. The van der Waals surface area contributed by atoms with E-state index < -0.39 is 18.2 Å². The van der Waals surface area contributed by atoms with Gasteiger partial charge in [0.05, 0.1) is 25.7 Å². The lowest BCUT2D eigenvalue weighted by Crippen LogP contribution is -2.43. The number of carboxylic acid groups (broad SMARTS) is 1. The highest BCUT2D eigenvalue weighted by Crippen LogP contribution is 2.08. The second-order valence-electron chi connectivity index (χ2n) is 3.37. The first kappa shape index (κ1) is 11.8. The number of ether oxygens (including phenoxy) is 2. The molecule has 1 aliphatic heterocycles. The largest absolute Gasteiger partial charge is 0.481 e. The van der Waals surface area contributed by atoms with Crippen LogP contribution in [-0.4, -0.2) is 55.0 Å². The molecule has 0 aromatic rings. The lowest BCUT2D eigenvalue weighted by atomic mass is 10.2. The molecule has 6 nitrogen and oxygen atoms in total. The van der Waals surface area contributed by atoms with Crippen LogP contribution in [-0.2, 0) is 14.3 Å². The van der Waals surface area contributed by atoms with Gasteiger partial charge in [-0.1, -0.05) is 0 Å². The van der Waals surface area contributed by atoms with Crippen molar-refractivity contribution in [3.05, 3.63) is 0 Å². The average Bonchev–Trinajstić information content (AvgIpc) is 2.19. The Balaban J connectivity index is 2.42. The minimum atomic E-state index is -0.938. The van der Waals surface area contributed by atoms with Crippen LogP contribution in [0.5, 0.6) is 0 Å². The molecule has 1 amide bonds. The summed E-state index contributed by atoms with van der Waals surface area (Å²) in [6, 6.07) is 0. The molecule has 0 spiro atoms. The highest BCUT2D eigenvalue weighted by molar-refractivity contribution is 5.69. The third-order valence-electron chi connectivity index (χ3n) is 2.22. The summed E-state index contributed by atoms with van der Waals surface area (Å²) in [5, 5.41) is 8.60. The Labute approximate surface area is 87.8 Å². The molecule has 1 N–H and O–H groups in total. The number of hydrogen-bond donors (Lipinski definition) is 1. The normalized spacial score (nSPS) is 18.5. The van der Waals surface area contributed by atoms with Gasteiger partial charge in [-0.05, 0) is 6.42 Å². The zero-order valence-electron chi connectivity index (χ0n) is 8.64. The van der Waals surface area contributed by atoms with E-state index in [0.29, 0.717) is 13.2 Å². The van der Waals surface area contributed by atoms with Crippen LogP contribution in [0.1, 0.15) is 12.8 Å². The predicted octanol–water partition coefficient (Wildman–Crippen LogP) is 0.318. The summed E-state index contributed by atoms with van der Waals surface area (Å²) in [5.74, 6) is -0.938. The van der Waals surface area contributed by atoms with E-state index in [1.54, 1.807) is 0 Å². The molecule has 15 heavy (non-hydrogen) atoms. The van der Waals surface area contributed by atoms with E-state index in [-0.39, 0.29) is 13.0 Å². The van der Waals surface area contributed by atoms with Crippen molar-refractivity contribution in [2.75, 3.05) is 26.8 Å². The number of methoxy groups -OCH3 is 1. The average molecular weight is 217 g/mol. The van der Waals surface area contributed by atoms with Crippen molar-refractivity contribution in [3.63, 3.8) is 0 Å². The van der Waals surface area contributed by atoms with Gasteiger partial charge < -0.3 is 19.5 Å². The summed E-state index contributed by atoms with van der Waals surface area (Å²) in [6.45, 7) is 1.30. The molecular formula is C9H15NO5. The van der Waals surface area contributed by atoms with Gasteiger partial charge in [-0.15, -0.1) is 0 Å². The zero-order chi connectivity index (χ0) is 11.3. The second-order valence-corrected chi connectivity index (χ2v) is 3.37. The van der Waals surface area contributed by atoms with Gasteiger partial charge in [-0.25, -0.2) is 4.79 Å². The van der Waals surface area contributed by atoms with Gasteiger partial charge in [0.1, 0.15) is 0 Å². The predicted molar refractivity (Wildman–Crippen MR) is 50.6 cm³/mol. The van der Waals surface area contributed by atoms with Gasteiger partial charge in [0, 0.05) is 13.7 Å². The number of hydrogen-bond acceptors (Lipinski definition) is 4. The molecular weight excluding hydrogens is 202 g/mol. The maximum atomic E-state index is 11.2. The van der Waals surface area contributed by atoms with Gasteiger partial charge in [0.2, 0.25) is 0 Å². The van der Waals surface area contributed by atoms with E-state index >= 15 is 0 Å². The molecule has 0 bridgehead atoms. The van der Waals surface area contributed by atoms with E-state index in [0.717, 1.165) is 6.42 Å². The monoisotopic (exact) mass is 217 g/mol. The lowest BCUT2D eigenvalue weighted by molar-refractivity contribution is -0.140. The molecule has 86 valence electrons. The lowest BCUT2D eigenvalue weighted by Gasteiger charge is -2.28. The van der Waals surface area contributed by atoms with Gasteiger partial charge in [0.15, 0.2) is 0 Å². The Kier molecular flexibility index (Phi) is 4.36. The Morgan fingerprint density at radius 3 is 3.00 bits per heavy atom. The van der Waals surface area contributed by atoms with Crippen LogP contribution in [0, 0.1) is 0 Å². The first-order chi connectivity index (χ1) is 7.13. The first-order valence-electron chi connectivity index (χ1n) is 4.79. The summed E-state index contributed by atoms with van der Waals surface area (Å²) in [4.78, 5) is 23.2. The van der Waals surface area contributed by atoms with Crippen LogP contribution in [0.3, 0.4) is 0 Å². The van der Waals surface area contributed by atoms with E-state index in [9.17, 15) is 9.59 Å². The zero-order valence-corrected chi connectivity index (χ0v) is 8.64. The third kappa shape index (κ3) is 3.75. The SMILES string of the molecule is COC(CC(=O)O)CN1CCCOC1=O. The summed E-state index contributed by atoms with van der Waals surface area (Å²) < 4.78 is 9.81. The Morgan fingerprint density at radius 2 is 2.47 bits per heavy atom. The number of nitrogens with zero attached hydrogens (tertiary/aromatic N) is 1. The number of carbonyl (C=O) groups is 2. The van der Waals surface area contributed by atoms with E-state index in [2.05, 4.69) is 0 Å². The van der Waals surface area contributed by atoms with E-state index in [1.165, 1.54) is 12.0 Å². The number of aliphatic carboxylic acids is 1. The quantitative estimate of drug-likeness (QED) is 0.717. The molecule has 1 fully saturated rings. The van der Waals surface area contributed by atoms with Crippen molar-refractivity contribution in [1.29, 1.82) is 0 Å². The number of carbonyl (C=O) groups excluding carboxylic acids is 1. The highest BCUT2D eigenvalue weighted by Gasteiger charge is 2.24. The fraction of sp³-hybridized carbons (Fsp3) is 0.778. The smallest absolute Gasteiger partial charge is 0.409 e. The van der Waals surface area contributed by atoms with Gasteiger partial charge >= 0.3 is 12.1 Å². The molecule has 0 aromatic carbocycles. The minimum Gasteiger partial charge on any atom is -0.481 e. The molecule has 1 atom stereocenters. The van der Waals surface area contributed by atoms with E-state index in [1.807, 2.05) is 0 Å². The standard InChI is InChI=1S/C9H15NO5/c1-14-7(5-8(11)12)6-10-3-2-4-15-9(10)13/h7H,2-6H2,1H3,(H,11,12). The van der Waals surface area contributed by atoms with Gasteiger partial charge in [-0.3, -0.25) is 4.79 Å². The van der Waals surface area contributed by atoms with Crippen molar-refractivity contribution in [1.82, 2.24) is 4.90 Å². The van der Waals surface area contributed by atoms with Crippen LogP contribution >= 0.6 is 0 Å². The molecule has 1 rings (SSSR count). The second kappa shape index (κ2) is 5.55. The number of cyclic esters (lactones) is 1.